The van der Waals surface area contributed by atoms with Gasteiger partial charge in [0.25, 0.3) is 6.43 Å². The van der Waals surface area contributed by atoms with Gasteiger partial charge in [0, 0.05) is 7.05 Å². The van der Waals surface area contributed by atoms with Crippen molar-refractivity contribution in [2.75, 3.05) is 0 Å². The van der Waals surface area contributed by atoms with Gasteiger partial charge >= 0.3 is 0 Å². The summed E-state index contributed by atoms with van der Waals surface area (Å²) in [5.41, 5.74) is -0.160. The van der Waals surface area contributed by atoms with Crippen molar-refractivity contribution in [2.24, 2.45) is 7.05 Å². The minimum absolute atomic E-state index is 0.160. The predicted molar refractivity (Wildman–Crippen MR) is 40.9 cm³/mol. The molecule has 0 unspecified atom stereocenters. The van der Waals surface area contributed by atoms with Crippen molar-refractivity contribution in [3.05, 3.63) is 15.5 Å². The summed E-state index contributed by atoms with van der Waals surface area (Å²) in [6.45, 7) is 0. The van der Waals surface area contributed by atoms with Gasteiger partial charge in [-0.3, -0.25) is 4.68 Å². The number of rotatable bonds is 1. The quantitative estimate of drug-likeness (QED) is 0.704. The molecule has 0 spiro atoms. The molecule has 0 bridgehead atoms. The second kappa shape index (κ2) is 2.81. The third-order valence-electron chi connectivity index (χ3n) is 1.07. The summed E-state index contributed by atoms with van der Waals surface area (Å²) in [6, 6.07) is 1.37. The molecule has 56 valence electrons. The van der Waals surface area contributed by atoms with Crippen LogP contribution in [-0.2, 0) is 7.05 Å². The molecular formula is C5H5F2IN2. The Kier molecular flexibility index (Phi) is 2.22. The average Bonchev–Trinajstić information content (AvgIpc) is 2.13. The summed E-state index contributed by atoms with van der Waals surface area (Å²) in [7, 11) is 1.63. The van der Waals surface area contributed by atoms with E-state index in [4.69, 9.17) is 0 Å². The lowest BCUT2D eigenvalue weighted by Gasteiger charge is -1.89. The highest BCUT2D eigenvalue weighted by molar-refractivity contribution is 14.1. The SMILES string of the molecule is Cn1nc(C(F)F)cc1I. The van der Waals surface area contributed by atoms with Crippen molar-refractivity contribution < 1.29 is 8.78 Å². The fourth-order valence-electron chi connectivity index (χ4n) is 0.572. The number of halogens is 3. The van der Waals surface area contributed by atoms with Crippen LogP contribution in [0.15, 0.2) is 6.07 Å². The molecular weight excluding hydrogens is 253 g/mol. The van der Waals surface area contributed by atoms with Gasteiger partial charge in [-0.05, 0) is 28.7 Å². The summed E-state index contributed by atoms with van der Waals surface area (Å²) in [5.74, 6) is 0. The summed E-state index contributed by atoms with van der Waals surface area (Å²) in [5, 5.41) is 3.57. The number of alkyl halides is 2. The molecule has 0 aliphatic heterocycles. The van der Waals surface area contributed by atoms with Crippen LogP contribution in [0, 0.1) is 3.70 Å². The molecule has 0 aromatic carbocycles. The summed E-state index contributed by atoms with van der Waals surface area (Å²) >= 11 is 1.95. The minimum Gasteiger partial charge on any atom is -0.262 e. The number of aromatic nitrogens is 2. The molecule has 1 rings (SSSR count). The standard InChI is InChI=1S/C5H5F2IN2/c1-10-4(8)2-3(9-10)5(6)7/h2,5H,1H3. The smallest absolute Gasteiger partial charge is 0.262 e. The topological polar surface area (TPSA) is 17.8 Å². The summed E-state index contributed by atoms with van der Waals surface area (Å²) < 4.78 is 25.9. The maximum atomic E-state index is 11.9. The van der Waals surface area contributed by atoms with Crippen LogP contribution in [-0.4, -0.2) is 9.78 Å². The molecule has 0 fully saturated rings. The maximum Gasteiger partial charge on any atom is 0.282 e. The Morgan fingerprint density at radius 2 is 2.30 bits per heavy atom. The fourth-order valence-corrected chi connectivity index (χ4v) is 0.999. The van der Waals surface area contributed by atoms with E-state index in [-0.39, 0.29) is 5.69 Å². The number of hydrogen-bond donors (Lipinski definition) is 0. The van der Waals surface area contributed by atoms with E-state index < -0.39 is 6.43 Å². The van der Waals surface area contributed by atoms with E-state index in [2.05, 4.69) is 5.10 Å². The molecule has 0 aliphatic rings. The maximum absolute atomic E-state index is 11.9. The van der Waals surface area contributed by atoms with E-state index in [1.54, 1.807) is 7.05 Å². The summed E-state index contributed by atoms with van der Waals surface area (Å²) in [6.07, 6.45) is -2.46. The molecule has 0 saturated carbocycles. The molecule has 10 heavy (non-hydrogen) atoms. The Bertz CT molecular complexity index is 214. The molecule has 0 N–H and O–H groups in total. The third kappa shape index (κ3) is 1.44. The Morgan fingerprint density at radius 1 is 1.70 bits per heavy atom. The molecule has 1 aromatic rings. The van der Waals surface area contributed by atoms with Crippen molar-refractivity contribution in [1.82, 2.24) is 9.78 Å². The van der Waals surface area contributed by atoms with Gasteiger partial charge < -0.3 is 0 Å². The van der Waals surface area contributed by atoms with E-state index in [0.717, 1.165) is 0 Å². The molecule has 1 heterocycles. The zero-order valence-electron chi connectivity index (χ0n) is 5.18. The third-order valence-corrected chi connectivity index (χ3v) is 2.07. The number of hydrogen-bond acceptors (Lipinski definition) is 1. The van der Waals surface area contributed by atoms with E-state index in [1.165, 1.54) is 10.7 Å². The van der Waals surface area contributed by atoms with E-state index in [9.17, 15) is 8.78 Å². The van der Waals surface area contributed by atoms with Crippen LogP contribution in [0.25, 0.3) is 0 Å². The minimum atomic E-state index is -2.46. The average molecular weight is 258 g/mol. The van der Waals surface area contributed by atoms with Crippen molar-refractivity contribution in [2.45, 2.75) is 6.43 Å². The Labute approximate surface area is 70.4 Å². The second-order valence-corrected chi connectivity index (χ2v) is 2.92. The van der Waals surface area contributed by atoms with Gasteiger partial charge in [0.05, 0.1) is 3.70 Å². The Hall–Kier alpha value is -0.200. The van der Waals surface area contributed by atoms with E-state index in [0.29, 0.717) is 3.70 Å². The van der Waals surface area contributed by atoms with Crippen LogP contribution in [0.1, 0.15) is 12.1 Å². The molecule has 5 heteroatoms. The Morgan fingerprint density at radius 3 is 2.50 bits per heavy atom. The molecule has 0 radical (unpaired) electrons. The van der Waals surface area contributed by atoms with Crippen molar-refractivity contribution in [3.8, 4) is 0 Å². The zero-order chi connectivity index (χ0) is 7.72. The van der Waals surface area contributed by atoms with Crippen LogP contribution in [0.2, 0.25) is 0 Å². The molecule has 1 aromatic heterocycles. The first-order chi connectivity index (χ1) is 4.61. The first-order valence-corrected chi connectivity index (χ1v) is 3.66. The fraction of sp³-hybridized carbons (Fsp3) is 0.400. The van der Waals surface area contributed by atoms with Gasteiger partial charge in [0.15, 0.2) is 0 Å². The van der Waals surface area contributed by atoms with Crippen molar-refractivity contribution in [1.29, 1.82) is 0 Å². The van der Waals surface area contributed by atoms with Crippen LogP contribution >= 0.6 is 22.6 Å². The van der Waals surface area contributed by atoms with Gasteiger partial charge in [-0.2, -0.15) is 5.10 Å². The molecule has 2 nitrogen and oxygen atoms in total. The molecule has 0 atom stereocenters. The van der Waals surface area contributed by atoms with Crippen molar-refractivity contribution in [3.63, 3.8) is 0 Å². The van der Waals surface area contributed by atoms with Gasteiger partial charge in [-0.25, -0.2) is 8.78 Å². The zero-order valence-corrected chi connectivity index (χ0v) is 7.34. The van der Waals surface area contributed by atoms with Crippen LogP contribution in [0.3, 0.4) is 0 Å². The van der Waals surface area contributed by atoms with Gasteiger partial charge in [0.1, 0.15) is 5.69 Å². The monoisotopic (exact) mass is 258 g/mol. The predicted octanol–water partition coefficient (Wildman–Crippen LogP) is 1.96. The highest BCUT2D eigenvalue weighted by Gasteiger charge is 2.11. The van der Waals surface area contributed by atoms with Crippen LogP contribution in [0.5, 0.6) is 0 Å². The highest BCUT2D eigenvalue weighted by Crippen LogP contribution is 2.18. The van der Waals surface area contributed by atoms with Crippen LogP contribution < -0.4 is 0 Å². The summed E-state index contributed by atoms with van der Waals surface area (Å²) in [4.78, 5) is 0. The van der Waals surface area contributed by atoms with Gasteiger partial charge in [0.2, 0.25) is 0 Å². The van der Waals surface area contributed by atoms with Gasteiger partial charge in [-0.1, -0.05) is 0 Å². The van der Waals surface area contributed by atoms with E-state index in [1.807, 2.05) is 22.6 Å². The number of nitrogens with zero attached hydrogens (tertiary/aromatic N) is 2. The lowest BCUT2D eigenvalue weighted by molar-refractivity contribution is 0.145. The Balaban J connectivity index is 2.98. The normalized spacial score (nSPS) is 10.9. The van der Waals surface area contributed by atoms with Crippen molar-refractivity contribution >= 4 is 22.6 Å². The van der Waals surface area contributed by atoms with Gasteiger partial charge in [-0.15, -0.1) is 0 Å². The van der Waals surface area contributed by atoms with E-state index >= 15 is 0 Å². The highest BCUT2D eigenvalue weighted by atomic mass is 127. The lowest BCUT2D eigenvalue weighted by atomic mass is 10.5. The molecule has 0 amide bonds. The van der Waals surface area contributed by atoms with Crippen LogP contribution in [0.4, 0.5) is 8.78 Å². The number of aryl methyl sites for hydroxylation is 1. The molecule has 0 aliphatic carbocycles. The lowest BCUT2D eigenvalue weighted by Crippen LogP contribution is -1.93. The first-order valence-electron chi connectivity index (χ1n) is 2.59. The molecule has 0 saturated heterocycles. The largest absolute Gasteiger partial charge is 0.282 e. The first kappa shape index (κ1) is 7.90. The second-order valence-electron chi connectivity index (χ2n) is 1.82.